The summed E-state index contributed by atoms with van der Waals surface area (Å²) in [6.45, 7) is 13.4. The summed E-state index contributed by atoms with van der Waals surface area (Å²) in [5.74, 6) is 0.795. The van der Waals surface area contributed by atoms with Gasteiger partial charge in [0, 0.05) is 24.6 Å². The standard InChI is InChI=1S/C14H29NO/c1-11(2)6-7-14(10-15-12(3)4)8-9-16-13(14)5/h11-13,15H,6-10H2,1-5H3. The molecule has 96 valence electrons. The average Bonchev–Trinajstić information content (AvgIpc) is 2.55. The van der Waals surface area contributed by atoms with Gasteiger partial charge in [0.15, 0.2) is 0 Å². The van der Waals surface area contributed by atoms with Crippen LogP contribution in [0.5, 0.6) is 0 Å². The fraction of sp³-hybridized carbons (Fsp3) is 1.00. The first-order chi connectivity index (χ1) is 7.46. The van der Waals surface area contributed by atoms with Gasteiger partial charge >= 0.3 is 0 Å². The van der Waals surface area contributed by atoms with E-state index in [1.54, 1.807) is 0 Å². The number of nitrogens with one attached hydrogen (secondary N) is 1. The van der Waals surface area contributed by atoms with E-state index in [1.165, 1.54) is 19.3 Å². The Morgan fingerprint density at radius 2 is 2.00 bits per heavy atom. The second-order valence-corrected chi connectivity index (χ2v) is 6.09. The second-order valence-electron chi connectivity index (χ2n) is 6.09. The van der Waals surface area contributed by atoms with Gasteiger partial charge < -0.3 is 10.1 Å². The van der Waals surface area contributed by atoms with Gasteiger partial charge in [0.2, 0.25) is 0 Å². The van der Waals surface area contributed by atoms with Crippen molar-refractivity contribution in [2.45, 2.75) is 66.0 Å². The molecule has 1 fully saturated rings. The van der Waals surface area contributed by atoms with E-state index in [1.807, 2.05) is 0 Å². The minimum Gasteiger partial charge on any atom is -0.378 e. The van der Waals surface area contributed by atoms with Crippen molar-refractivity contribution < 1.29 is 4.74 Å². The van der Waals surface area contributed by atoms with Crippen molar-refractivity contribution in [3.63, 3.8) is 0 Å². The third-order valence-corrected chi connectivity index (χ3v) is 3.91. The topological polar surface area (TPSA) is 21.3 Å². The Morgan fingerprint density at radius 3 is 2.44 bits per heavy atom. The van der Waals surface area contributed by atoms with Crippen molar-refractivity contribution in [1.29, 1.82) is 0 Å². The van der Waals surface area contributed by atoms with Gasteiger partial charge in [0.25, 0.3) is 0 Å². The summed E-state index contributed by atoms with van der Waals surface area (Å²) < 4.78 is 5.79. The van der Waals surface area contributed by atoms with E-state index in [9.17, 15) is 0 Å². The molecular formula is C14H29NO. The lowest BCUT2D eigenvalue weighted by Gasteiger charge is -2.34. The Morgan fingerprint density at radius 1 is 1.31 bits per heavy atom. The molecule has 0 spiro atoms. The van der Waals surface area contributed by atoms with Gasteiger partial charge in [-0.2, -0.15) is 0 Å². The van der Waals surface area contributed by atoms with Crippen molar-refractivity contribution in [1.82, 2.24) is 5.32 Å². The van der Waals surface area contributed by atoms with Crippen LogP contribution < -0.4 is 5.32 Å². The van der Waals surface area contributed by atoms with E-state index in [-0.39, 0.29) is 0 Å². The van der Waals surface area contributed by atoms with E-state index < -0.39 is 0 Å². The molecule has 2 heteroatoms. The summed E-state index contributed by atoms with van der Waals surface area (Å²) in [4.78, 5) is 0. The highest BCUT2D eigenvalue weighted by Crippen LogP contribution is 2.39. The first kappa shape index (κ1) is 14.0. The highest BCUT2D eigenvalue weighted by Gasteiger charge is 2.40. The monoisotopic (exact) mass is 227 g/mol. The molecular weight excluding hydrogens is 198 g/mol. The molecule has 0 radical (unpaired) electrons. The minimum absolute atomic E-state index is 0.383. The number of rotatable bonds is 6. The molecule has 1 rings (SSSR count). The molecule has 0 aromatic carbocycles. The van der Waals surface area contributed by atoms with E-state index in [0.717, 1.165) is 19.1 Å². The van der Waals surface area contributed by atoms with Crippen LogP contribution in [0.3, 0.4) is 0 Å². The fourth-order valence-electron chi connectivity index (χ4n) is 2.45. The fourth-order valence-corrected chi connectivity index (χ4v) is 2.45. The normalized spacial score (nSPS) is 30.6. The summed E-state index contributed by atoms with van der Waals surface area (Å²) in [7, 11) is 0. The maximum Gasteiger partial charge on any atom is 0.0616 e. The predicted molar refractivity (Wildman–Crippen MR) is 69.7 cm³/mol. The number of hydrogen-bond donors (Lipinski definition) is 1. The zero-order valence-electron chi connectivity index (χ0n) is 11.7. The molecule has 0 saturated carbocycles. The molecule has 1 aliphatic heterocycles. The minimum atomic E-state index is 0.383. The Bertz CT molecular complexity index is 189. The van der Waals surface area contributed by atoms with Crippen molar-refractivity contribution in [2.24, 2.45) is 11.3 Å². The van der Waals surface area contributed by atoms with Gasteiger partial charge in [-0.1, -0.05) is 34.1 Å². The zero-order chi connectivity index (χ0) is 12.2. The molecule has 0 bridgehead atoms. The highest BCUT2D eigenvalue weighted by atomic mass is 16.5. The third-order valence-electron chi connectivity index (χ3n) is 3.91. The first-order valence-electron chi connectivity index (χ1n) is 6.81. The van der Waals surface area contributed by atoms with Crippen LogP contribution in [0.2, 0.25) is 0 Å². The smallest absolute Gasteiger partial charge is 0.0616 e. The lowest BCUT2D eigenvalue weighted by molar-refractivity contribution is 0.0546. The van der Waals surface area contributed by atoms with Crippen molar-refractivity contribution in [3.05, 3.63) is 0 Å². The molecule has 2 unspecified atom stereocenters. The van der Waals surface area contributed by atoms with Crippen molar-refractivity contribution in [3.8, 4) is 0 Å². The van der Waals surface area contributed by atoms with Crippen LogP contribution in [0.15, 0.2) is 0 Å². The van der Waals surface area contributed by atoms with E-state index in [0.29, 0.717) is 17.6 Å². The van der Waals surface area contributed by atoms with E-state index in [2.05, 4.69) is 39.9 Å². The molecule has 0 aliphatic carbocycles. The van der Waals surface area contributed by atoms with Gasteiger partial charge in [0.05, 0.1) is 6.10 Å². The lowest BCUT2D eigenvalue weighted by Crippen LogP contribution is -2.42. The third kappa shape index (κ3) is 3.74. The molecule has 2 atom stereocenters. The van der Waals surface area contributed by atoms with Crippen molar-refractivity contribution >= 4 is 0 Å². The summed E-state index contributed by atoms with van der Waals surface area (Å²) >= 11 is 0. The number of hydrogen-bond acceptors (Lipinski definition) is 2. The predicted octanol–water partition coefficient (Wildman–Crippen LogP) is 3.22. The molecule has 0 aromatic rings. The SMILES string of the molecule is CC(C)CCC1(CNC(C)C)CCOC1C. The second kappa shape index (κ2) is 6.02. The largest absolute Gasteiger partial charge is 0.378 e. The lowest BCUT2D eigenvalue weighted by atomic mass is 9.76. The van der Waals surface area contributed by atoms with Gasteiger partial charge in [-0.3, -0.25) is 0 Å². The number of ether oxygens (including phenoxy) is 1. The molecule has 0 amide bonds. The zero-order valence-corrected chi connectivity index (χ0v) is 11.7. The molecule has 1 saturated heterocycles. The van der Waals surface area contributed by atoms with E-state index >= 15 is 0 Å². The van der Waals surface area contributed by atoms with Crippen LogP contribution >= 0.6 is 0 Å². The Kier molecular flexibility index (Phi) is 5.26. The van der Waals surface area contributed by atoms with Crippen LogP contribution in [0, 0.1) is 11.3 Å². The molecule has 1 N–H and O–H groups in total. The first-order valence-corrected chi connectivity index (χ1v) is 6.81. The van der Waals surface area contributed by atoms with Crippen LogP contribution in [-0.2, 0) is 4.74 Å². The van der Waals surface area contributed by atoms with Gasteiger partial charge in [0.1, 0.15) is 0 Å². The molecule has 1 aliphatic rings. The Hall–Kier alpha value is -0.0800. The molecule has 2 nitrogen and oxygen atoms in total. The summed E-state index contributed by atoms with van der Waals surface area (Å²) in [6, 6.07) is 0.573. The van der Waals surface area contributed by atoms with Crippen molar-refractivity contribution in [2.75, 3.05) is 13.2 Å². The van der Waals surface area contributed by atoms with Gasteiger partial charge in [-0.25, -0.2) is 0 Å². The van der Waals surface area contributed by atoms with Crippen LogP contribution in [0.25, 0.3) is 0 Å². The van der Waals surface area contributed by atoms with Gasteiger partial charge in [-0.05, 0) is 25.7 Å². The summed E-state index contributed by atoms with van der Waals surface area (Å²) in [5, 5.41) is 3.60. The Balaban J connectivity index is 2.54. The quantitative estimate of drug-likeness (QED) is 0.752. The molecule has 0 aromatic heterocycles. The van der Waals surface area contributed by atoms with Crippen LogP contribution in [-0.4, -0.2) is 25.3 Å². The van der Waals surface area contributed by atoms with Gasteiger partial charge in [-0.15, -0.1) is 0 Å². The summed E-state index contributed by atoms with van der Waals surface area (Å²) in [5.41, 5.74) is 0.383. The maximum atomic E-state index is 5.79. The Labute approximate surface area is 101 Å². The highest BCUT2D eigenvalue weighted by molar-refractivity contribution is 4.91. The molecule has 1 heterocycles. The maximum absolute atomic E-state index is 5.79. The van der Waals surface area contributed by atoms with Crippen LogP contribution in [0.1, 0.15) is 53.9 Å². The summed E-state index contributed by atoms with van der Waals surface area (Å²) in [6.07, 6.45) is 4.25. The van der Waals surface area contributed by atoms with Crippen LogP contribution in [0.4, 0.5) is 0 Å². The average molecular weight is 227 g/mol. The van der Waals surface area contributed by atoms with E-state index in [4.69, 9.17) is 4.74 Å². The molecule has 16 heavy (non-hydrogen) atoms.